The van der Waals surface area contributed by atoms with Crippen LogP contribution >= 0.6 is 0 Å². The third-order valence-electron chi connectivity index (χ3n) is 4.67. The fourth-order valence-corrected chi connectivity index (χ4v) is 3.01. The molecule has 0 radical (unpaired) electrons. The van der Waals surface area contributed by atoms with Crippen molar-refractivity contribution in [3.63, 3.8) is 0 Å². The number of likely N-dealkylation sites (N-methyl/N-ethyl adjacent to an activating group) is 1. The number of ketones is 1. The number of rotatable bonds is 5. The van der Waals surface area contributed by atoms with Crippen molar-refractivity contribution in [3.05, 3.63) is 53.9 Å². The molecule has 1 aromatic heterocycles. The van der Waals surface area contributed by atoms with E-state index in [4.69, 9.17) is 0 Å². The normalized spacial score (nSPS) is 14.9. The zero-order valence-electron chi connectivity index (χ0n) is 15.2. The van der Waals surface area contributed by atoms with Crippen LogP contribution in [-0.2, 0) is 0 Å². The molecule has 1 aliphatic heterocycles. The Morgan fingerprint density at radius 3 is 2.35 bits per heavy atom. The predicted octanol–water partition coefficient (Wildman–Crippen LogP) is 2.81. The van der Waals surface area contributed by atoms with Crippen molar-refractivity contribution in [3.8, 4) is 0 Å². The van der Waals surface area contributed by atoms with Gasteiger partial charge in [0.25, 0.3) is 5.91 Å². The molecule has 0 saturated carbocycles. The van der Waals surface area contributed by atoms with Gasteiger partial charge in [0.05, 0.1) is 0 Å². The second-order valence-corrected chi connectivity index (χ2v) is 6.41. The number of benzene rings is 1. The minimum Gasteiger partial charge on any atom is -0.355 e. The van der Waals surface area contributed by atoms with Gasteiger partial charge in [-0.1, -0.05) is 6.92 Å². The predicted molar refractivity (Wildman–Crippen MR) is 102 cm³/mol. The van der Waals surface area contributed by atoms with Gasteiger partial charge in [-0.05, 0) is 49.9 Å². The third-order valence-corrected chi connectivity index (χ3v) is 4.67. The van der Waals surface area contributed by atoms with Crippen molar-refractivity contribution < 1.29 is 9.59 Å². The van der Waals surface area contributed by atoms with Crippen molar-refractivity contribution in [2.24, 2.45) is 0 Å². The van der Waals surface area contributed by atoms with E-state index in [2.05, 4.69) is 22.1 Å². The molecule has 0 bridgehead atoms. The molecule has 0 spiro atoms. The van der Waals surface area contributed by atoms with Crippen LogP contribution in [0.1, 0.15) is 34.7 Å². The fraction of sp³-hybridized carbons (Fsp3) is 0.350. The van der Waals surface area contributed by atoms with E-state index in [1.165, 1.54) is 0 Å². The molecule has 2 heterocycles. The van der Waals surface area contributed by atoms with E-state index >= 15 is 0 Å². The Morgan fingerprint density at radius 1 is 1.04 bits per heavy atom. The molecule has 1 amide bonds. The molecular weight excluding hydrogens is 328 g/mol. The molecule has 1 saturated heterocycles. The van der Waals surface area contributed by atoms with Crippen LogP contribution in [0.5, 0.6) is 0 Å². The summed E-state index contributed by atoms with van der Waals surface area (Å²) in [6.07, 6.45) is 1.64. The number of Topliss-reactive ketones (excluding diaryl/α,β-unsaturated/α-hetero) is 1. The number of carbonyl (C=O) groups is 2. The number of nitrogens with one attached hydrogen (secondary N) is 1. The lowest BCUT2D eigenvalue weighted by Crippen LogP contribution is -2.48. The van der Waals surface area contributed by atoms with Crippen molar-refractivity contribution >= 4 is 23.1 Å². The molecule has 136 valence electrons. The summed E-state index contributed by atoms with van der Waals surface area (Å²) < 4.78 is 0. The summed E-state index contributed by atoms with van der Waals surface area (Å²) in [5.41, 5.74) is 2.77. The quantitative estimate of drug-likeness (QED) is 0.838. The Hall–Kier alpha value is -2.73. The molecule has 1 aliphatic rings. The summed E-state index contributed by atoms with van der Waals surface area (Å²) in [5.74, 6) is 0.00726. The fourth-order valence-electron chi connectivity index (χ4n) is 3.01. The van der Waals surface area contributed by atoms with Crippen molar-refractivity contribution in [2.45, 2.75) is 13.8 Å². The molecular formula is C20H24N4O2. The molecule has 1 aromatic carbocycles. The third kappa shape index (κ3) is 4.26. The Balaban J connectivity index is 1.68. The molecule has 6 heteroatoms. The second-order valence-electron chi connectivity index (χ2n) is 6.41. The molecule has 1 N–H and O–H groups in total. The largest absolute Gasteiger partial charge is 0.355 e. The number of piperazine rings is 1. The molecule has 2 aromatic rings. The van der Waals surface area contributed by atoms with E-state index in [9.17, 15) is 9.59 Å². The summed E-state index contributed by atoms with van der Waals surface area (Å²) >= 11 is 0. The van der Waals surface area contributed by atoms with Gasteiger partial charge in [0.1, 0.15) is 5.69 Å². The van der Waals surface area contributed by atoms with Crippen LogP contribution in [0, 0.1) is 0 Å². The minimum atomic E-state index is -0.0312. The average Bonchev–Trinajstić information content (AvgIpc) is 2.68. The lowest BCUT2D eigenvalue weighted by Gasteiger charge is -2.33. The molecule has 0 aliphatic carbocycles. The monoisotopic (exact) mass is 352 g/mol. The Morgan fingerprint density at radius 2 is 1.73 bits per heavy atom. The summed E-state index contributed by atoms with van der Waals surface area (Å²) in [4.78, 5) is 32.5. The van der Waals surface area contributed by atoms with Crippen molar-refractivity contribution in [2.75, 3.05) is 38.0 Å². The van der Waals surface area contributed by atoms with Gasteiger partial charge in [-0.15, -0.1) is 0 Å². The average molecular weight is 352 g/mol. The van der Waals surface area contributed by atoms with E-state index in [0.717, 1.165) is 44.1 Å². The lowest BCUT2D eigenvalue weighted by molar-refractivity contribution is 0.0637. The molecule has 0 unspecified atom stereocenters. The van der Waals surface area contributed by atoms with Gasteiger partial charge in [-0.3, -0.25) is 14.6 Å². The number of hydrogen-bond acceptors (Lipinski definition) is 5. The van der Waals surface area contributed by atoms with Crippen LogP contribution in [0.3, 0.4) is 0 Å². The van der Waals surface area contributed by atoms with Gasteiger partial charge in [-0.2, -0.15) is 0 Å². The standard InChI is InChI=1S/C20H24N4O2/c1-3-23-10-12-24(13-11-23)20(26)19-14-18(8-9-21-19)22-17-6-4-16(5-7-17)15(2)25/h4-9,14H,3,10-13H2,1-2H3,(H,21,22). The highest BCUT2D eigenvalue weighted by molar-refractivity contribution is 5.95. The van der Waals surface area contributed by atoms with E-state index < -0.39 is 0 Å². The summed E-state index contributed by atoms with van der Waals surface area (Å²) in [6.45, 7) is 7.98. The van der Waals surface area contributed by atoms with Gasteiger partial charge >= 0.3 is 0 Å². The maximum Gasteiger partial charge on any atom is 0.272 e. The van der Waals surface area contributed by atoms with Gasteiger partial charge in [0.15, 0.2) is 5.78 Å². The highest BCUT2D eigenvalue weighted by Crippen LogP contribution is 2.18. The summed E-state index contributed by atoms with van der Waals surface area (Å²) in [7, 11) is 0. The summed E-state index contributed by atoms with van der Waals surface area (Å²) in [6, 6.07) is 10.9. The number of amides is 1. The molecule has 26 heavy (non-hydrogen) atoms. The van der Waals surface area contributed by atoms with Crippen LogP contribution in [0.4, 0.5) is 11.4 Å². The van der Waals surface area contributed by atoms with Gasteiger partial charge < -0.3 is 15.1 Å². The van der Waals surface area contributed by atoms with Crippen LogP contribution in [-0.4, -0.2) is 59.2 Å². The maximum absolute atomic E-state index is 12.7. The van der Waals surface area contributed by atoms with E-state index in [1.54, 1.807) is 31.3 Å². The van der Waals surface area contributed by atoms with Crippen LogP contribution < -0.4 is 5.32 Å². The minimum absolute atomic E-state index is 0.0312. The van der Waals surface area contributed by atoms with Gasteiger partial charge in [0.2, 0.25) is 0 Å². The summed E-state index contributed by atoms with van der Waals surface area (Å²) in [5, 5.41) is 3.25. The first-order valence-electron chi connectivity index (χ1n) is 8.92. The SMILES string of the molecule is CCN1CCN(C(=O)c2cc(Nc3ccc(C(C)=O)cc3)ccn2)CC1. The van der Waals surface area contributed by atoms with Crippen LogP contribution in [0.25, 0.3) is 0 Å². The van der Waals surface area contributed by atoms with Crippen LogP contribution in [0.15, 0.2) is 42.6 Å². The van der Waals surface area contributed by atoms with E-state index in [0.29, 0.717) is 11.3 Å². The van der Waals surface area contributed by atoms with Crippen LogP contribution in [0.2, 0.25) is 0 Å². The molecule has 6 nitrogen and oxygen atoms in total. The highest BCUT2D eigenvalue weighted by Gasteiger charge is 2.22. The van der Waals surface area contributed by atoms with Crippen molar-refractivity contribution in [1.29, 1.82) is 0 Å². The van der Waals surface area contributed by atoms with Gasteiger partial charge in [-0.25, -0.2) is 0 Å². The first-order chi connectivity index (χ1) is 12.6. The Bertz CT molecular complexity index is 781. The highest BCUT2D eigenvalue weighted by atomic mass is 16.2. The first-order valence-corrected chi connectivity index (χ1v) is 8.92. The number of pyridine rings is 1. The zero-order chi connectivity index (χ0) is 18.5. The number of aromatic nitrogens is 1. The number of anilines is 2. The molecule has 3 rings (SSSR count). The topological polar surface area (TPSA) is 65.5 Å². The number of hydrogen-bond donors (Lipinski definition) is 1. The lowest BCUT2D eigenvalue weighted by atomic mass is 10.1. The molecule has 0 atom stereocenters. The number of nitrogens with zero attached hydrogens (tertiary/aromatic N) is 3. The van der Waals surface area contributed by atoms with E-state index in [1.807, 2.05) is 23.1 Å². The zero-order valence-corrected chi connectivity index (χ0v) is 15.2. The first kappa shape index (κ1) is 18.1. The Kier molecular flexibility index (Phi) is 5.63. The van der Waals surface area contributed by atoms with Gasteiger partial charge in [0, 0.05) is 49.3 Å². The van der Waals surface area contributed by atoms with E-state index in [-0.39, 0.29) is 11.7 Å². The number of carbonyl (C=O) groups excluding carboxylic acids is 2. The van der Waals surface area contributed by atoms with Crippen molar-refractivity contribution in [1.82, 2.24) is 14.8 Å². The smallest absolute Gasteiger partial charge is 0.272 e. The second kappa shape index (κ2) is 8.10. The Labute approximate surface area is 153 Å². The molecule has 1 fully saturated rings. The maximum atomic E-state index is 12.7.